The first-order valence-electron chi connectivity index (χ1n) is 6.62. The lowest BCUT2D eigenvalue weighted by Crippen LogP contribution is -2.27. The standard InChI is InChI=1S/C14H23O5P/c1-5-18-20(16,19-6-2)11-14(3,15)12-7-9-13(17-4)10-8-12/h7-10,15H,5-6,11H2,1-4H3. The van der Waals surface area contributed by atoms with Gasteiger partial charge in [-0.3, -0.25) is 4.57 Å². The van der Waals surface area contributed by atoms with Gasteiger partial charge in [-0.25, -0.2) is 0 Å². The molecule has 1 atom stereocenters. The van der Waals surface area contributed by atoms with E-state index >= 15 is 0 Å². The summed E-state index contributed by atoms with van der Waals surface area (Å²) in [6, 6.07) is 6.97. The Bertz CT molecular complexity index is 445. The Kier molecular flexibility index (Phi) is 6.21. The Morgan fingerprint density at radius 1 is 1.15 bits per heavy atom. The molecule has 0 aliphatic rings. The van der Waals surface area contributed by atoms with Crippen LogP contribution < -0.4 is 4.74 Å². The van der Waals surface area contributed by atoms with Gasteiger partial charge in [-0.2, -0.15) is 0 Å². The molecule has 0 saturated carbocycles. The number of hydrogen-bond donors (Lipinski definition) is 1. The van der Waals surface area contributed by atoms with Crippen molar-refractivity contribution < 1.29 is 23.5 Å². The number of ether oxygens (including phenoxy) is 1. The molecule has 6 heteroatoms. The minimum atomic E-state index is -3.31. The van der Waals surface area contributed by atoms with Gasteiger partial charge in [0.25, 0.3) is 0 Å². The zero-order valence-corrected chi connectivity index (χ0v) is 13.4. The summed E-state index contributed by atoms with van der Waals surface area (Å²) in [5.41, 5.74) is -0.662. The highest BCUT2D eigenvalue weighted by Crippen LogP contribution is 2.52. The maximum atomic E-state index is 12.5. The number of methoxy groups -OCH3 is 1. The second-order valence-corrected chi connectivity index (χ2v) is 6.66. The lowest BCUT2D eigenvalue weighted by Gasteiger charge is -2.28. The van der Waals surface area contributed by atoms with Gasteiger partial charge in [0.05, 0.1) is 32.1 Å². The highest BCUT2D eigenvalue weighted by molar-refractivity contribution is 7.53. The van der Waals surface area contributed by atoms with E-state index in [1.165, 1.54) is 0 Å². The summed E-state index contributed by atoms with van der Waals surface area (Å²) in [7, 11) is -1.73. The fraction of sp³-hybridized carbons (Fsp3) is 0.571. The van der Waals surface area contributed by atoms with E-state index in [-0.39, 0.29) is 19.4 Å². The first kappa shape index (κ1) is 17.2. The van der Waals surface area contributed by atoms with Gasteiger partial charge in [0.15, 0.2) is 0 Å². The van der Waals surface area contributed by atoms with Crippen LogP contribution in [0.1, 0.15) is 26.3 Å². The molecule has 0 fully saturated rings. The Labute approximate surface area is 120 Å². The third-order valence-electron chi connectivity index (χ3n) is 2.87. The summed E-state index contributed by atoms with van der Waals surface area (Å²) < 4.78 is 28.0. The van der Waals surface area contributed by atoms with Crippen molar-refractivity contribution in [3.63, 3.8) is 0 Å². The zero-order chi connectivity index (χ0) is 15.2. The molecule has 1 unspecified atom stereocenters. The van der Waals surface area contributed by atoms with Crippen molar-refractivity contribution in [2.24, 2.45) is 0 Å². The van der Waals surface area contributed by atoms with E-state index < -0.39 is 13.2 Å². The Morgan fingerprint density at radius 3 is 2.05 bits per heavy atom. The van der Waals surface area contributed by atoms with Crippen molar-refractivity contribution in [2.75, 3.05) is 26.5 Å². The van der Waals surface area contributed by atoms with Gasteiger partial charge in [0.1, 0.15) is 5.75 Å². The van der Waals surface area contributed by atoms with Crippen molar-refractivity contribution in [3.05, 3.63) is 29.8 Å². The third kappa shape index (κ3) is 4.60. The molecule has 0 aliphatic carbocycles. The van der Waals surface area contributed by atoms with Crippen molar-refractivity contribution in [1.29, 1.82) is 0 Å². The van der Waals surface area contributed by atoms with Crippen LogP contribution in [0.4, 0.5) is 0 Å². The summed E-state index contributed by atoms with van der Waals surface area (Å²) in [5, 5.41) is 10.6. The Balaban J connectivity index is 2.93. The number of aliphatic hydroxyl groups is 1. The molecule has 20 heavy (non-hydrogen) atoms. The van der Waals surface area contributed by atoms with Crippen LogP contribution in [0.3, 0.4) is 0 Å². The molecular formula is C14H23O5P. The Hall–Kier alpha value is -0.870. The van der Waals surface area contributed by atoms with E-state index in [1.807, 2.05) is 0 Å². The average Bonchev–Trinajstić information content (AvgIpc) is 2.38. The van der Waals surface area contributed by atoms with Gasteiger partial charge in [-0.15, -0.1) is 0 Å². The summed E-state index contributed by atoms with van der Waals surface area (Å²) in [6.07, 6.45) is -0.0893. The minimum Gasteiger partial charge on any atom is -0.497 e. The van der Waals surface area contributed by atoms with Crippen LogP contribution in [0.25, 0.3) is 0 Å². The average molecular weight is 302 g/mol. The predicted octanol–water partition coefficient (Wildman–Crippen LogP) is 3.17. The maximum Gasteiger partial charge on any atom is 0.333 e. The van der Waals surface area contributed by atoms with Gasteiger partial charge in [-0.1, -0.05) is 12.1 Å². The fourth-order valence-corrected chi connectivity index (χ4v) is 3.92. The third-order valence-corrected chi connectivity index (χ3v) is 5.17. The molecule has 0 aliphatic heterocycles. The molecule has 5 nitrogen and oxygen atoms in total. The van der Waals surface area contributed by atoms with Crippen molar-refractivity contribution >= 4 is 7.60 Å². The first-order valence-corrected chi connectivity index (χ1v) is 8.34. The highest BCUT2D eigenvalue weighted by atomic mass is 31.2. The molecule has 0 spiro atoms. The monoisotopic (exact) mass is 302 g/mol. The quantitative estimate of drug-likeness (QED) is 0.747. The van der Waals surface area contributed by atoms with Gasteiger partial charge in [0.2, 0.25) is 0 Å². The van der Waals surface area contributed by atoms with Crippen LogP contribution in [0, 0.1) is 0 Å². The van der Waals surface area contributed by atoms with Crippen molar-refractivity contribution in [2.45, 2.75) is 26.4 Å². The molecule has 0 bridgehead atoms. The normalized spacial score (nSPS) is 14.8. The number of rotatable bonds is 8. The number of hydrogen-bond acceptors (Lipinski definition) is 5. The van der Waals surface area contributed by atoms with E-state index in [2.05, 4.69) is 0 Å². The molecule has 0 amide bonds. The smallest absolute Gasteiger partial charge is 0.333 e. The summed E-state index contributed by atoms with van der Waals surface area (Å²) >= 11 is 0. The van der Waals surface area contributed by atoms with Gasteiger partial charge >= 0.3 is 7.60 Å². The van der Waals surface area contributed by atoms with E-state index in [4.69, 9.17) is 13.8 Å². The molecular weight excluding hydrogens is 279 g/mol. The second-order valence-electron chi connectivity index (χ2n) is 4.61. The molecule has 0 aromatic heterocycles. The molecule has 114 valence electrons. The van der Waals surface area contributed by atoms with E-state index in [0.717, 1.165) is 0 Å². The number of benzene rings is 1. The molecule has 0 heterocycles. The van der Waals surface area contributed by atoms with Crippen LogP contribution in [0.2, 0.25) is 0 Å². The van der Waals surface area contributed by atoms with Gasteiger partial charge < -0.3 is 18.9 Å². The first-order chi connectivity index (χ1) is 9.37. The Morgan fingerprint density at radius 2 is 1.65 bits per heavy atom. The lowest BCUT2D eigenvalue weighted by molar-refractivity contribution is 0.0712. The minimum absolute atomic E-state index is 0.0893. The van der Waals surface area contributed by atoms with Crippen LogP contribution in [-0.2, 0) is 19.2 Å². The van der Waals surface area contributed by atoms with Gasteiger partial charge in [-0.05, 0) is 38.5 Å². The SMILES string of the molecule is CCOP(=O)(CC(C)(O)c1ccc(OC)cc1)OCC. The molecule has 0 saturated heterocycles. The fourth-order valence-electron chi connectivity index (χ4n) is 1.94. The summed E-state index contributed by atoms with van der Waals surface area (Å²) in [4.78, 5) is 0. The summed E-state index contributed by atoms with van der Waals surface area (Å²) in [5.74, 6) is 0.697. The second kappa shape index (κ2) is 7.23. The van der Waals surface area contributed by atoms with E-state index in [0.29, 0.717) is 11.3 Å². The van der Waals surface area contributed by atoms with Crippen LogP contribution in [0.15, 0.2) is 24.3 Å². The van der Waals surface area contributed by atoms with Gasteiger partial charge in [0, 0.05) is 0 Å². The zero-order valence-electron chi connectivity index (χ0n) is 12.5. The van der Waals surface area contributed by atoms with Crippen molar-refractivity contribution in [1.82, 2.24) is 0 Å². The molecule has 1 aromatic rings. The molecule has 0 radical (unpaired) electrons. The topological polar surface area (TPSA) is 65.0 Å². The van der Waals surface area contributed by atoms with E-state index in [9.17, 15) is 9.67 Å². The molecule has 1 rings (SSSR count). The molecule has 1 aromatic carbocycles. The van der Waals surface area contributed by atoms with Crippen LogP contribution >= 0.6 is 7.60 Å². The highest BCUT2D eigenvalue weighted by Gasteiger charge is 2.36. The largest absolute Gasteiger partial charge is 0.497 e. The van der Waals surface area contributed by atoms with Crippen LogP contribution in [0.5, 0.6) is 5.75 Å². The van der Waals surface area contributed by atoms with Crippen LogP contribution in [-0.4, -0.2) is 31.6 Å². The molecule has 1 N–H and O–H groups in total. The van der Waals surface area contributed by atoms with Crippen molar-refractivity contribution in [3.8, 4) is 5.75 Å². The lowest BCUT2D eigenvalue weighted by atomic mass is 9.98. The predicted molar refractivity (Wildman–Crippen MR) is 78.3 cm³/mol. The maximum absolute atomic E-state index is 12.5. The van der Waals surface area contributed by atoms with E-state index in [1.54, 1.807) is 52.1 Å². The summed E-state index contributed by atoms with van der Waals surface area (Å²) in [6.45, 7) is 5.63.